The summed E-state index contributed by atoms with van der Waals surface area (Å²) in [7, 11) is 0. The fraction of sp³-hybridized carbons (Fsp3) is 0.520. The van der Waals surface area contributed by atoms with Crippen molar-refractivity contribution in [2.75, 3.05) is 26.2 Å². The molecule has 1 aliphatic heterocycles. The third-order valence-electron chi connectivity index (χ3n) is 7.06. The molecule has 1 aliphatic carbocycles. The number of benzene rings is 2. The summed E-state index contributed by atoms with van der Waals surface area (Å²) < 4.78 is 0. The van der Waals surface area contributed by atoms with E-state index in [1.165, 1.54) is 69.5 Å². The maximum absolute atomic E-state index is 2.34. The van der Waals surface area contributed by atoms with Crippen LogP contribution in [0, 0.1) is 0 Å². The van der Waals surface area contributed by atoms with Gasteiger partial charge >= 0.3 is 0 Å². The first-order chi connectivity index (χ1) is 13.3. The topological polar surface area (TPSA) is 8.88 Å². The molecule has 1 saturated carbocycles. The van der Waals surface area contributed by atoms with Crippen LogP contribution in [0.15, 0.2) is 54.6 Å². The summed E-state index contributed by atoms with van der Waals surface area (Å²) >= 11 is 0. The third-order valence-corrected chi connectivity index (χ3v) is 7.06. The second-order valence-electron chi connectivity index (χ2n) is 8.71. The van der Waals surface area contributed by atoms with Gasteiger partial charge in [-0.05, 0) is 49.1 Å². The zero-order valence-corrected chi connectivity index (χ0v) is 16.9. The van der Waals surface area contributed by atoms with E-state index in [-0.39, 0.29) is 0 Å². The van der Waals surface area contributed by atoms with Gasteiger partial charge in [-0.1, -0.05) is 61.5 Å². The number of hydrogen-bond acceptors (Lipinski definition) is 0. The van der Waals surface area contributed by atoms with Crippen molar-refractivity contribution in [1.29, 1.82) is 0 Å². The highest BCUT2D eigenvalue weighted by Crippen LogP contribution is 2.31. The average molecular weight is 365 g/mol. The molecule has 0 atom stereocenters. The van der Waals surface area contributed by atoms with Crippen LogP contribution in [0.25, 0.3) is 0 Å². The minimum absolute atomic E-state index is 0.805. The Hall–Kier alpha value is -1.64. The lowest BCUT2D eigenvalue weighted by molar-refractivity contribution is -1.03. The molecule has 2 aliphatic rings. The molecule has 0 spiro atoms. The highest BCUT2D eigenvalue weighted by molar-refractivity contribution is 5.22. The van der Waals surface area contributed by atoms with E-state index in [2.05, 4.69) is 61.5 Å². The van der Waals surface area contributed by atoms with Crippen molar-refractivity contribution >= 4 is 0 Å². The molecular weight excluding hydrogens is 328 g/mol. The third kappa shape index (κ3) is 4.80. The molecule has 1 saturated heterocycles. The number of quaternary nitrogens is 2. The fourth-order valence-corrected chi connectivity index (χ4v) is 5.25. The molecule has 0 bridgehead atoms. The Morgan fingerprint density at radius 2 is 1.37 bits per heavy atom. The van der Waals surface area contributed by atoms with E-state index in [1.54, 1.807) is 10.5 Å². The summed E-state index contributed by atoms with van der Waals surface area (Å²) in [6.07, 6.45) is 6.75. The van der Waals surface area contributed by atoms with Crippen molar-refractivity contribution in [2.45, 2.75) is 57.5 Å². The first-order valence-corrected chi connectivity index (χ1v) is 11.1. The number of rotatable bonds is 5. The first kappa shape index (κ1) is 18.7. The van der Waals surface area contributed by atoms with Crippen LogP contribution in [0.1, 0.15) is 55.2 Å². The van der Waals surface area contributed by atoms with E-state index < -0.39 is 0 Å². The van der Waals surface area contributed by atoms with Gasteiger partial charge in [-0.15, -0.1) is 0 Å². The predicted octanol–water partition coefficient (Wildman–Crippen LogP) is 2.26. The Labute approximate surface area is 165 Å². The van der Waals surface area contributed by atoms with Gasteiger partial charge in [0.25, 0.3) is 0 Å². The van der Waals surface area contributed by atoms with Crippen LogP contribution in [-0.2, 0) is 13.0 Å². The summed E-state index contributed by atoms with van der Waals surface area (Å²) in [5, 5.41) is 0. The summed E-state index contributed by atoms with van der Waals surface area (Å²) in [4.78, 5) is 3.67. The molecule has 1 heterocycles. The van der Waals surface area contributed by atoms with Crippen LogP contribution >= 0.6 is 0 Å². The molecule has 2 heteroatoms. The monoisotopic (exact) mass is 364 g/mol. The largest absolute Gasteiger partial charge is 0.323 e. The smallest absolute Gasteiger partial charge is 0.127 e. The summed E-state index contributed by atoms with van der Waals surface area (Å²) in [5.41, 5.74) is 4.53. The van der Waals surface area contributed by atoms with E-state index in [4.69, 9.17) is 0 Å². The average Bonchev–Trinajstić information content (AvgIpc) is 2.76. The van der Waals surface area contributed by atoms with Gasteiger partial charge in [-0.2, -0.15) is 0 Å². The van der Waals surface area contributed by atoms with Crippen LogP contribution < -0.4 is 9.80 Å². The normalized spacial score (nSPS) is 28.8. The molecule has 2 fully saturated rings. The SMILES string of the molecule is CCc1ccc(C[NH+]2CC[NH+](C3CCC(c4ccccc4)CC3)CC2)cc1. The lowest BCUT2D eigenvalue weighted by atomic mass is 9.81. The van der Waals surface area contributed by atoms with Crippen LogP contribution in [-0.4, -0.2) is 32.2 Å². The zero-order chi connectivity index (χ0) is 18.5. The van der Waals surface area contributed by atoms with Gasteiger partial charge in [0.1, 0.15) is 32.7 Å². The maximum Gasteiger partial charge on any atom is 0.127 e. The van der Waals surface area contributed by atoms with Gasteiger partial charge < -0.3 is 9.80 Å². The van der Waals surface area contributed by atoms with Gasteiger partial charge in [-0.25, -0.2) is 0 Å². The molecule has 2 aromatic carbocycles. The highest BCUT2D eigenvalue weighted by Gasteiger charge is 2.33. The molecule has 144 valence electrons. The molecule has 0 amide bonds. The lowest BCUT2D eigenvalue weighted by Crippen LogP contribution is -3.29. The Bertz CT molecular complexity index is 678. The lowest BCUT2D eigenvalue weighted by Gasteiger charge is -2.38. The molecule has 2 N–H and O–H groups in total. The zero-order valence-electron chi connectivity index (χ0n) is 16.9. The minimum Gasteiger partial charge on any atom is -0.323 e. The van der Waals surface area contributed by atoms with Crippen LogP contribution in [0.3, 0.4) is 0 Å². The predicted molar refractivity (Wildman–Crippen MR) is 112 cm³/mol. The van der Waals surface area contributed by atoms with E-state index >= 15 is 0 Å². The quantitative estimate of drug-likeness (QED) is 0.805. The Morgan fingerprint density at radius 1 is 0.741 bits per heavy atom. The Morgan fingerprint density at radius 3 is 2.00 bits per heavy atom. The summed E-state index contributed by atoms with van der Waals surface area (Å²) in [5.74, 6) is 0.805. The summed E-state index contributed by atoms with van der Waals surface area (Å²) in [6.45, 7) is 8.84. The number of nitrogens with one attached hydrogen (secondary N) is 2. The van der Waals surface area contributed by atoms with Crippen LogP contribution in [0.4, 0.5) is 0 Å². The van der Waals surface area contributed by atoms with Gasteiger partial charge in [0.15, 0.2) is 0 Å². The molecule has 2 aromatic rings. The van der Waals surface area contributed by atoms with Gasteiger partial charge in [-0.3, -0.25) is 0 Å². The first-order valence-electron chi connectivity index (χ1n) is 11.1. The van der Waals surface area contributed by atoms with Crippen LogP contribution in [0.5, 0.6) is 0 Å². The number of hydrogen-bond donors (Lipinski definition) is 2. The Balaban J connectivity index is 1.22. The van der Waals surface area contributed by atoms with E-state index in [0.29, 0.717) is 0 Å². The van der Waals surface area contributed by atoms with Crippen molar-refractivity contribution in [3.05, 3.63) is 71.3 Å². The molecule has 2 nitrogen and oxygen atoms in total. The standard InChI is InChI=1S/C25H34N2/c1-2-21-8-10-22(11-9-21)20-26-16-18-27(19-17-26)25-14-12-24(13-15-25)23-6-4-3-5-7-23/h3-11,24-25H,2,12-20H2,1H3/p+2. The molecule has 0 radical (unpaired) electrons. The fourth-order valence-electron chi connectivity index (χ4n) is 5.25. The molecular formula is C25H36N2+2. The molecule has 4 rings (SSSR count). The van der Waals surface area contributed by atoms with E-state index in [0.717, 1.165) is 18.4 Å². The number of aryl methyl sites for hydroxylation is 1. The van der Waals surface area contributed by atoms with E-state index in [9.17, 15) is 0 Å². The van der Waals surface area contributed by atoms with Gasteiger partial charge in [0.05, 0.1) is 6.04 Å². The molecule has 0 unspecified atom stereocenters. The van der Waals surface area contributed by atoms with Crippen molar-refractivity contribution in [1.82, 2.24) is 0 Å². The summed E-state index contributed by atoms with van der Waals surface area (Å²) in [6, 6.07) is 21.4. The second kappa shape index (κ2) is 9.03. The van der Waals surface area contributed by atoms with Crippen molar-refractivity contribution in [3.8, 4) is 0 Å². The Kier molecular flexibility index (Phi) is 6.26. The highest BCUT2D eigenvalue weighted by atomic mass is 15.3. The van der Waals surface area contributed by atoms with Crippen LogP contribution in [0.2, 0.25) is 0 Å². The van der Waals surface area contributed by atoms with E-state index in [1.807, 2.05) is 4.90 Å². The maximum atomic E-state index is 2.34. The minimum atomic E-state index is 0.805. The molecule has 27 heavy (non-hydrogen) atoms. The second-order valence-corrected chi connectivity index (χ2v) is 8.71. The van der Waals surface area contributed by atoms with Gasteiger partial charge in [0.2, 0.25) is 0 Å². The van der Waals surface area contributed by atoms with Crippen molar-refractivity contribution < 1.29 is 9.80 Å². The van der Waals surface area contributed by atoms with Crippen molar-refractivity contribution in [2.24, 2.45) is 0 Å². The number of piperazine rings is 1. The van der Waals surface area contributed by atoms with Gasteiger partial charge in [0, 0.05) is 5.56 Å². The van der Waals surface area contributed by atoms with Crippen molar-refractivity contribution in [3.63, 3.8) is 0 Å². The molecule has 0 aromatic heterocycles.